The second-order valence-electron chi connectivity index (χ2n) is 6.47. The van der Waals surface area contributed by atoms with Crippen LogP contribution in [0.5, 0.6) is 5.75 Å². The number of carbonyl (C=O) groups is 2. The van der Waals surface area contributed by atoms with Crippen molar-refractivity contribution < 1.29 is 14.3 Å². The predicted molar refractivity (Wildman–Crippen MR) is 97.0 cm³/mol. The van der Waals surface area contributed by atoms with Crippen LogP contribution < -0.4 is 10.1 Å². The molecule has 1 aromatic carbocycles. The maximum atomic E-state index is 12.7. The highest BCUT2D eigenvalue weighted by atomic mass is 32.1. The maximum absolute atomic E-state index is 12.7. The molecular weight excluding hydrogens is 336 g/mol. The van der Waals surface area contributed by atoms with E-state index in [2.05, 4.69) is 5.32 Å². The highest BCUT2D eigenvalue weighted by Crippen LogP contribution is 2.35. The first-order valence-corrected chi connectivity index (χ1v) is 9.48. The average molecular weight is 356 g/mol. The molecule has 0 bridgehead atoms. The molecular formula is C19H20N2O3S. The summed E-state index contributed by atoms with van der Waals surface area (Å²) in [6.07, 6.45) is 2.35. The summed E-state index contributed by atoms with van der Waals surface area (Å²) in [6, 6.07) is 9.59. The number of amides is 2. The van der Waals surface area contributed by atoms with Crippen LogP contribution in [-0.2, 0) is 11.3 Å². The number of ether oxygens (including phenoxy) is 1. The molecule has 1 aromatic heterocycles. The zero-order chi connectivity index (χ0) is 17.4. The molecule has 5 nitrogen and oxygen atoms in total. The van der Waals surface area contributed by atoms with E-state index in [1.54, 1.807) is 6.07 Å². The number of nitrogens with one attached hydrogen (secondary N) is 1. The van der Waals surface area contributed by atoms with Crippen LogP contribution in [0.4, 0.5) is 5.69 Å². The summed E-state index contributed by atoms with van der Waals surface area (Å²) < 4.78 is 5.96. The Kier molecular flexibility index (Phi) is 4.21. The van der Waals surface area contributed by atoms with Gasteiger partial charge in [-0.05, 0) is 48.9 Å². The minimum atomic E-state index is -0.423. The predicted octanol–water partition coefficient (Wildman–Crippen LogP) is 3.66. The zero-order valence-electron chi connectivity index (χ0n) is 14.0. The number of anilines is 1. The van der Waals surface area contributed by atoms with E-state index in [4.69, 9.17) is 4.74 Å². The first-order valence-electron chi connectivity index (χ1n) is 8.60. The SMILES string of the molecule is CCC1Oc2ccc(NC(=O)c3cccs3)cc2CN(C2CC2)C1=O. The van der Waals surface area contributed by atoms with Crippen molar-refractivity contribution in [2.45, 2.75) is 44.9 Å². The fraction of sp³-hybridized carbons (Fsp3) is 0.368. The molecule has 4 rings (SSSR count). The molecule has 130 valence electrons. The third kappa shape index (κ3) is 3.26. The number of hydrogen-bond acceptors (Lipinski definition) is 4. The lowest BCUT2D eigenvalue weighted by Gasteiger charge is -2.22. The number of benzene rings is 1. The smallest absolute Gasteiger partial charge is 0.265 e. The zero-order valence-corrected chi connectivity index (χ0v) is 14.8. The van der Waals surface area contributed by atoms with Gasteiger partial charge in [-0.3, -0.25) is 9.59 Å². The normalized spacial score (nSPS) is 19.8. The van der Waals surface area contributed by atoms with E-state index in [1.165, 1.54) is 11.3 Å². The van der Waals surface area contributed by atoms with Gasteiger partial charge >= 0.3 is 0 Å². The van der Waals surface area contributed by atoms with Crippen LogP contribution in [0.2, 0.25) is 0 Å². The molecule has 1 N–H and O–H groups in total. The number of thiophene rings is 1. The van der Waals surface area contributed by atoms with Crippen molar-refractivity contribution in [3.8, 4) is 5.75 Å². The van der Waals surface area contributed by atoms with Crippen molar-refractivity contribution in [1.29, 1.82) is 0 Å². The van der Waals surface area contributed by atoms with E-state index in [-0.39, 0.29) is 11.8 Å². The number of carbonyl (C=O) groups excluding carboxylic acids is 2. The van der Waals surface area contributed by atoms with E-state index in [9.17, 15) is 9.59 Å². The Morgan fingerprint density at radius 1 is 1.36 bits per heavy atom. The number of hydrogen-bond donors (Lipinski definition) is 1. The van der Waals surface area contributed by atoms with Gasteiger partial charge in [-0.15, -0.1) is 11.3 Å². The van der Waals surface area contributed by atoms with Crippen LogP contribution in [0.1, 0.15) is 41.4 Å². The van der Waals surface area contributed by atoms with Crippen molar-refractivity contribution in [2.75, 3.05) is 5.32 Å². The second-order valence-corrected chi connectivity index (χ2v) is 7.41. The topological polar surface area (TPSA) is 58.6 Å². The summed E-state index contributed by atoms with van der Waals surface area (Å²) in [5.41, 5.74) is 1.67. The van der Waals surface area contributed by atoms with Crippen LogP contribution in [0.15, 0.2) is 35.7 Å². The van der Waals surface area contributed by atoms with Gasteiger partial charge in [0.05, 0.1) is 4.88 Å². The fourth-order valence-corrected chi connectivity index (χ4v) is 3.72. The van der Waals surface area contributed by atoms with Gasteiger partial charge in [0.25, 0.3) is 11.8 Å². The van der Waals surface area contributed by atoms with E-state index < -0.39 is 6.10 Å². The molecule has 1 atom stereocenters. The molecule has 2 aromatic rings. The quantitative estimate of drug-likeness (QED) is 0.909. The third-order valence-electron chi connectivity index (χ3n) is 4.59. The lowest BCUT2D eigenvalue weighted by molar-refractivity contribution is -0.139. The molecule has 2 amide bonds. The molecule has 1 aliphatic carbocycles. The lowest BCUT2D eigenvalue weighted by Crippen LogP contribution is -2.40. The first kappa shape index (κ1) is 16.1. The van der Waals surface area contributed by atoms with Crippen molar-refractivity contribution in [3.63, 3.8) is 0 Å². The van der Waals surface area contributed by atoms with Gasteiger partial charge in [0.2, 0.25) is 0 Å². The van der Waals surface area contributed by atoms with E-state index in [0.29, 0.717) is 23.9 Å². The minimum absolute atomic E-state index is 0.0744. The first-order chi connectivity index (χ1) is 12.2. The van der Waals surface area contributed by atoms with Gasteiger partial charge in [-0.25, -0.2) is 0 Å². The molecule has 0 radical (unpaired) electrons. The standard InChI is InChI=1S/C19H20N2O3S/c1-2-15-19(23)21(14-6-7-14)11-12-10-13(5-8-16(12)24-15)20-18(22)17-4-3-9-25-17/h3-5,8-10,14-15H,2,6-7,11H2,1H3,(H,20,22). The Labute approximate surface area is 150 Å². The Bertz CT molecular complexity index is 799. The molecule has 1 fully saturated rings. The van der Waals surface area contributed by atoms with E-state index in [0.717, 1.165) is 29.8 Å². The molecule has 1 saturated carbocycles. The minimum Gasteiger partial charge on any atom is -0.480 e. The Morgan fingerprint density at radius 2 is 2.20 bits per heavy atom. The fourth-order valence-electron chi connectivity index (χ4n) is 3.10. The summed E-state index contributed by atoms with van der Waals surface area (Å²) in [6.45, 7) is 2.51. The average Bonchev–Trinajstić information content (AvgIpc) is 3.32. The van der Waals surface area contributed by atoms with Gasteiger partial charge in [0.15, 0.2) is 6.10 Å². The largest absolute Gasteiger partial charge is 0.480 e. The highest BCUT2D eigenvalue weighted by Gasteiger charge is 2.38. The molecule has 25 heavy (non-hydrogen) atoms. The van der Waals surface area contributed by atoms with Crippen LogP contribution in [0.3, 0.4) is 0 Å². The summed E-state index contributed by atoms with van der Waals surface area (Å²) in [5, 5.41) is 4.80. The molecule has 6 heteroatoms. The molecule has 0 spiro atoms. The number of nitrogens with zero attached hydrogens (tertiary/aromatic N) is 1. The van der Waals surface area contributed by atoms with E-state index in [1.807, 2.05) is 41.5 Å². The van der Waals surface area contributed by atoms with Gasteiger partial charge in [0, 0.05) is 23.8 Å². The van der Waals surface area contributed by atoms with Gasteiger partial charge in [0.1, 0.15) is 5.75 Å². The monoisotopic (exact) mass is 356 g/mol. The second kappa shape index (κ2) is 6.52. The number of fused-ring (bicyclic) bond motifs is 1. The van der Waals surface area contributed by atoms with Crippen molar-refractivity contribution in [3.05, 3.63) is 46.2 Å². The molecule has 2 heterocycles. The van der Waals surface area contributed by atoms with Gasteiger partial charge in [-0.2, -0.15) is 0 Å². The van der Waals surface area contributed by atoms with Gasteiger partial charge in [-0.1, -0.05) is 13.0 Å². The number of rotatable bonds is 4. The Hall–Kier alpha value is -2.34. The molecule has 1 aliphatic heterocycles. The van der Waals surface area contributed by atoms with Crippen molar-refractivity contribution in [2.24, 2.45) is 0 Å². The third-order valence-corrected chi connectivity index (χ3v) is 5.46. The van der Waals surface area contributed by atoms with Gasteiger partial charge < -0.3 is 15.0 Å². The summed E-state index contributed by atoms with van der Waals surface area (Å²) in [7, 11) is 0. The maximum Gasteiger partial charge on any atom is 0.265 e. The summed E-state index contributed by atoms with van der Waals surface area (Å²) >= 11 is 1.41. The van der Waals surface area contributed by atoms with Crippen LogP contribution in [-0.4, -0.2) is 28.9 Å². The Balaban J connectivity index is 1.60. The Morgan fingerprint density at radius 3 is 2.88 bits per heavy atom. The van der Waals surface area contributed by atoms with Crippen LogP contribution in [0.25, 0.3) is 0 Å². The summed E-state index contributed by atoms with van der Waals surface area (Å²) in [5.74, 6) is 0.689. The summed E-state index contributed by atoms with van der Waals surface area (Å²) in [4.78, 5) is 27.5. The van der Waals surface area contributed by atoms with Crippen molar-refractivity contribution >= 4 is 28.8 Å². The highest BCUT2D eigenvalue weighted by molar-refractivity contribution is 7.12. The van der Waals surface area contributed by atoms with Crippen LogP contribution >= 0.6 is 11.3 Å². The molecule has 1 unspecified atom stereocenters. The van der Waals surface area contributed by atoms with Crippen LogP contribution in [0, 0.1) is 0 Å². The lowest BCUT2D eigenvalue weighted by atomic mass is 10.1. The van der Waals surface area contributed by atoms with Crippen molar-refractivity contribution in [1.82, 2.24) is 4.90 Å². The molecule has 0 saturated heterocycles. The molecule has 2 aliphatic rings. The van der Waals surface area contributed by atoms with E-state index >= 15 is 0 Å².